The number of anilines is 1. The Hall–Kier alpha value is -2.91. The van der Waals surface area contributed by atoms with Crippen LogP contribution in [0.5, 0.6) is 0 Å². The van der Waals surface area contributed by atoms with Crippen molar-refractivity contribution >= 4 is 11.2 Å². The molecule has 1 fully saturated rings. The maximum atomic E-state index is 9.05. The predicted molar refractivity (Wildman–Crippen MR) is 100 cm³/mol. The lowest BCUT2D eigenvalue weighted by atomic mass is 9.96. The largest absolute Gasteiger partial charge is 0.376 e. The number of rotatable bonds is 4. The summed E-state index contributed by atoms with van der Waals surface area (Å²) >= 11 is 0. The van der Waals surface area contributed by atoms with Crippen molar-refractivity contribution in [2.75, 3.05) is 18.5 Å². The second-order valence-corrected chi connectivity index (χ2v) is 7.40. The van der Waals surface area contributed by atoms with Gasteiger partial charge in [-0.2, -0.15) is 10.4 Å². The van der Waals surface area contributed by atoms with Gasteiger partial charge in [0.1, 0.15) is 6.07 Å². The lowest BCUT2D eigenvalue weighted by Crippen LogP contribution is -2.53. The molecule has 0 spiro atoms. The van der Waals surface area contributed by atoms with Crippen LogP contribution < -0.4 is 5.32 Å². The Kier molecular flexibility index (Phi) is 3.89. The first-order chi connectivity index (χ1) is 12.5. The average molecular weight is 347 g/mol. The maximum absolute atomic E-state index is 9.05. The van der Waals surface area contributed by atoms with Crippen LogP contribution >= 0.6 is 0 Å². The molecule has 0 saturated carbocycles. The van der Waals surface area contributed by atoms with Gasteiger partial charge >= 0.3 is 0 Å². The number of pyridine rings is 1. The van der Waals surface area contributed by atoms with Crippen molar-refractivity contribution in [3.63, 3.8) is 0 Å². The van der Waals surface area contributed by atoms with Crippen LogP contribution in [0, 0.1) is 11.3 Å². The van der Waals surface area contributed by atoms with Crippen LogP contribution in [0.2, 0.25) is 0 Å². The van der Waals surface area contributed by atoms with Gasteiger partial charge in [-0.05, 0) is 42.7 Å². The van der Waals surface area contributed by atoms with Gasteiger partial charge in [0.2, 0.25) is 0 Å². The van der Waals surface area contributed by atoms with Crippen molar-refractivity contribution in [1.82, 2.24) is 14.6 Å². The van der Waals surface area contributed by atoms with E-state index < -0.39 is 0 Å². The number of nitrogens with one attached hydrogen (secondary N) is 1. The van der Waals surface area contributed by atoms with Gasteiger partial charge in [-0.15, -0.1) is 0 Å². The van der Waals surface area contributed by atoms with Crippen molar-refractivity contribution in [3.8, 4) is 17.5 Å². The molecule has 0 unspecified atom stereocenters. The minimum atomic E-state index is -0.0383. The van der Waals surface area contributed by atoms with Gasteiger partial charge in [0.15, 0.2) is 0 Å². The van der Waals surface area contributed by atoms with E-state index in [1.807, 2.05) is 28.9 Å². The fraction of sp³-hybridized carbons (Fsp3) is 0.350. The second kappa shape index (κ2) is 6.11. The number of fused-ring (bicyclic) bond motifs is 1. The molecule has 1 aliphatic heterocycles. The topological polar surface area (TPSA) is 75.2 Å². The molecule has 3 aromatic rings. The quantitative estimate of drug-likeness (QED) is 0.780. The lowest BCUT2D eigenvalue weighted by molar-refractivity contribution is -0.0318. The highest BCUT2D eigenvalue weighted by atomic mass is 16.5. The third kappa shape index (κ3) is 2.80. The van der Waals surface area contributed by atoms with Crippen molar-refractivity contribution < 1.29 is 4.74 Å². The molecule has 0 aliphatic carbocycles. The molecule has 4 heterocycles. The van der Waals surface area contributed by atoms with Gasteiger partial charge in [-0.1, -0.05) is 13.8 Å². The summed E-state index contributed by atoms with van der Waals surface area (Å²) in [6.07, 6.45) is 3.51. The van der Waals surface area contributed by atoms with Crippen LogP contribution in [0.15, 0.2) is 36.7 Å². The Morgan fingerprint density at radius 2 is 2.08 bits per heavy atom. The zero-order chi connectivity index (χ0) is 18.3. The summed E-state index contributed by atoms with van der Waals surface area (Å²) in [5.41, 5.74) is 5.40. The van der Waals surface area contributed by atoms with E-state index in [9.17, 15) is 0 Å². The van der Waals surface area contributed by atoms with Crippen molar-refractivity contribution in [2.45, 2.75) is 32.2 Å². The Balaban J connectivity index is 1.78. The average Bonchev–Trinajstić information content (AvgIpc) is 3.03. The van der Waals surface area contributed by atoms with Crippen molar-refractivity contribution in [2.24, 2.45) is 0 Å². The Labute approximate surface area is 152 Å². The summed E-state index contributed by atoms with van der Waals surface area (Å²) in [5, 5.41) is 17.1. The van der Waals surface area contributed by atoms with Gasteiger partial charge < -0.3 is 10.1 Å². The fourth-order valence-corrected chi connectivity index (χ4v) is 3.23. The van der Waals surface area contributed by atoms with Crippen LogP contribution in [0.4, 0.5) is 5.69 Å². The molecule has 4 rings (SSSR count). The molecular weight excluding hydrogens is 326 g/mol. The van der Waals surface area contributed by atoms with Gasteiger partial charge in [-0.25, -0.2) is 4.52 Å². The molecule has 1 aliphatic rings. The molecule has 6 nitrogen and oxygen atoms in total. The number of ether oxygens (including phenoxy) is 1. The minimum absolute atomic E-state index is 0.0383. The molecule has 0 atom stereocenters. The smallest absolute Gasteiger partial charge is 0.101 e. The monoisotopic (exact) mass is 347 g/mol. The molecular formula is C20H21N5O. The number of hydrogen-bond donors (Lipinski definition) is 1. The standard InChI is InChI=1S/C20H21N5O/c1-13(2)16-10-22-18(7-17(16)24-20(3)11-26-12-20)19-5-4-15-6-14(8-21)9-23-25(15)19/h4-7,9-10,13H,11-12H2,1-3H3,(H,22,24). The second-order valence-electron chi connectivity index (χ2n) is 7.40. The zero-order valence-corrected chi connectivity index (χ0v) is 15.2. The fourth-order valence-electron chi connectivity index (χ4n) is 3.23. The van der Waals surface area contributed by atoms with Crippen molar-refractivity contribution in [1.29, 1.82) is 5.26 Å². The third-order valence-corrected chi connectivity index (χ3v) is 4.73. The number of nitrogens with zero attached hydrogens (tertiary/aromatic N) is 4. The van der Waals surface area contributed by atoms with Gasteiger partial charge in [0, 0.05) is 11.9 Å². The van der Waals surface area contributed by atoms with E-state index in [1.165, 1.54) is 5.56 Å². The van der Waals surface area contributed by atoms with Crippen LogP contribution in [0.25, 0.3) is 16.9 Å². The lowest BCUT2D eigenvalue weighted by Gasteiger charge is -2.40. The highest BCUT2D eigenvalue weighted by molar-refractivity contribution is 5.69. The molecule has 0 bridgehead atoms. The first-order valence-electron chi connectivity index (χ1n) is 8.73. The molecule has 3 aromatic heterocycles. The highest BCUT2D eigenvalue weighted by Crippen LogP contribution is 2.32. The summed E-state index contributed by atoms with van der Waals surface area (Å²) in [4.78, 5) is 4.67. The molecule has 1 N–H and O–H groups in total. The molecule has 0 amide bonds. The maximum Gasteiger partial charge on any atom is 0.101 e. The minimum Gasteiger partial charge on any atom is -0.376 e. The van der Waals surface area contributed by atoms with E-state index in [2.05, 4.69) is 48.3 Å². The third-order valence-electron chi connectivity index (χ3n) is 4.73. The van der Waals surface area contributed by atoms with Crippen molar-refractivity contribution in [3.05, 3.63) is 47.8 Å². The molecule has 1 saturated heterocycles. The summed E-state index contributed by atoms with van der Waals surface area (Å²) in [5.74, 6) is 0.365. The Bertz CT molecular complexity index is 1010. The number of aromatic nitrogens is 3. The molecule has 26 heavy (non-hydrogen) atoms. The van der Waals surface area contributed by atoms with Crippen LogP contribution in [-0.2, 0) is 4.74 Å². The molecule has 0 radical (unpaired) electrons. The molecule has 0 aromatic carbocycles. The van der Waals surface area contributed by atoms with Crippen LogP contribution in [-0.4, -0.2) is 33.4 Å². The number of hydrogen-bond acceptors (Lipinski definition) is 5. The van der Waals surface area contributed by atoms with Gasteiger partial charge in [0.05, 0.1) is 47.4 Å². The van der Waals surface area contributed by atoms with E-state index in [1.54, 1.807) is 6.20 Å². The Morgan fingerprint density at radius 1 is 1.27 bits per heavy atom. The summed E-state index contributed by atoms with van der Waals surface area (Å²) < 4.78 is 7.19. The summed E-state index contributed by atoms with van der Waals surface area (Å²) in [6.45, 7) is 7.90. The normalized spacial score (nSPS) is 15.7. The summed E-state index contributed by atoms with van der Waals surface area (Å²) in [6, 6.07) is 9.97. The highest BCUT2D eigenvalue weighted by Gasteiger charge is 2.34. The van der Waals surface area contributed by atoms with Crippen LogP contribution in [0.1, 0.15) is 37.8 Å². The molecule has 132 valence electrons. The van der Waals surface area contributed by atoms with Gasteiger partial charge in [-0.3, -0.25) is 4.98 Å². The first kappa shape index (κ1) is 16.6. The summed E-state index contributed by atoms with van der Waals surface area (Å²) in [7, 11) is 0. The first-order valence-corrected chi connectivity index (χ1v) is 8.73. The van der Waals surface area contributed by atoms with E-state index in [4.69, 9.17) is 10.00 Å². The van der Waals surface area contributed by atoms with E-state index in [-0.39, 0.29) is 5.54 Å². The predicted octanol–water partition coefficient (Wildman–Crippen LogP) is 3.59. The van der Waals surface area contributed by atoms with Gasteiger partial charge in [0.25, 0.3) is 0 Å². The Morgan fingerprint density at radius 3 is 2.73 bits per heavy atom. The van der Waals surface area contributed by atoms with E-state index in [0.717, 1.165) is 22.6 Å². The van der Waals surface area contributed by atoms with E-state index >= 15 is 0 Å². The van der Waals surface area contributed by atoms with E-state index in [0.29, 0.717) is 24.7 Å². The molecule has 6 heteroatoms. The zero-order valence-electron chi connectivity index (χ0n) is 15.2. The van der Waals surface area contributed by atoms with Crippen LogP contribution in [0.3, 0.4) is 0 Å². The SMILES string of the molecule is CC(C)c1cnc(-c2ccc3cc(C#N)cnn23)cc1NC1(C)COC1. The number of nitriles is 1.